The lowest BCUT2D eigenvalue weighted by molar-refractivity contribution is -0.157. The summed E-state index contributed by atoms with van der Waals surface area (Å²) in [5.74, 6) is -0.643. The summed E-state index contributed by atoms with van der Waals surface area (Å²) in [7, 11) is 0. The van der Waals surface area contributed by atoms with Gasteiger partial charge in [-0.1, -0.05) is 18.2 Å². The summed E-state index contributed by atoms with van der Waals surface area (Å²) in [6.45, 7) is 3.70. The normalized spacial score (nSPS) is 23.4. The van der Waals surface area contributed by atoms with E-state index >= 15 is 0 Å². The van der Waals surface area contributed by atoms with E-state index in [1.807, 2.05) is 18.2 Å². The zero-order chi connectivity index (χ0) is 14.8. The Labute approximate surface area is 118 Å². The third kappa shape index (κ3) is 2.61. The minimum Gasteiger partial charge on any atom is -0.481 e. The Hall–Kier alpha value is -2.04. The molecule has 1 N–H and O–H groups in total. The number of carbonyl (C=O) groups is 2. The lowest BCUT2D eigenvalue weighted by Crippen LogP contribution is -2.54. The van der Waals surface area contributed by atoms with Gasteiger partial charge in [-0.25, -0.2) is 4.79 Å². The number of carbonyl (C=O) groups excluding carboxylic acids is 1. The van der Waals surface area contributed by atoms with Gasteiger partial charge in [-0.05, 0) is 38.8 Å². The van der Waals surface area contributed by atoms with Crippen molar-refractivity contribution >= 4 is 11.9 Å². The van der Waals surface area contributed by atoms with Crippen molar-refractivity contribution in [1.29, 1.82) is 0 Å². The van der Waals surface area contributed by atoms with Gasteiger partial charge in [0.25, 0.3) is 5.91 Å². The fraction of sp³-hybridized carbons (Fsp3) is 0.467. The molecule has 1 saturated heterocycles. The van der Waals surface area contributed by atoms with Gasteiger partial charge in [-0.15, -0.1) is 0 Å². The molecule has 0 spiro atoms. The van der Waals surface area contributed by atoms with Crippen molar-refractivity contribution in [1.82, 2.24) is 4.90 Å². The number of rotatable bonds is 4. The van der Waals surface area contributed by atoms with Crippen LogP contribution in [0.1, 0.15) is 26.7 Å². The van der Waals surface area contributed by atoms with E-state index < -0.39 is 17.6 Å². The zero-order valence-corrected chi connectivity index (χ0v) is 11.7. The molecule has 1 amide bonds. The standard InChI is InChI=1S/C15H19NO4/c1-11(20-12-7-4-3-5-8-12)13(17)16-10-6-9-15(16,2)14(18)19/h3-5,7-8,11H,6,9-10H2,1-2H3,(H,18,19). The second-order valence-corrected chi connectivity index (χ2v) is 5.25. The number of nitrogens with zero attached hydrogens (tertiary/aromatic N) is 1. The highest BCUT2D eigenvalue weighted by atomic mass is 16.5. The highest BCUT2D eigenvalue weighted by Gasteiger charge is 2.47. The van der Waals surface area contributed by atoms with Crippen molar-refractivity contribution in [3.8, 4) is 5.75 Å². The quantitative estimate of drug-likeness (QED) is 0.913. The largest absolute Gasteiger partial charge is 0.481 e. The number of hydrogen-bond acceptors (Lipinski definition) is 3. The molecule has 0 aliphatic carbocycles. The number of amides is 1. The van der Waals surface area contributed by atoms with Crippen LogP contribution in [0.15, 0.2) is 30.3 Å². The molecule has 1 fully saturated rings. The predicted molar refractivity (Wildman–Crippen MR) is 73.5 cm³/mol. The average Bonchev–Trinajstić information content (AvgIpc) is 2.82. The average molecular weight is 277 g/mol. The molecule has 0 bridgehead atoms. The first-order chi connectivity index (χ1) is 9.45. The van der Waals surface area contributed by atoms with Crippen LogP contribution in [0, 0.1) is 0 Å². The molecule has 1 aromatic rings. The maximum absolute atomic E-state index is 12.4. The molecule has 0 saturated carbocycles. The van der Waals surface area contributed by atoms with Crippen molar-refractivity contribution < 1.29 is 19.4 Å². The lowest BCUT2D eigenvalue weighted by atomic mass is 9.99. The van der Waals surface area contributed by atoms with Crippen LogP contribution in [-0.4, -0.2) is 40.1 Å². The van der Waals surface area contributed by atoms with Crippen molar-refractivity contribution in [2.45, 2.75) is 38.3 Å². The van der Waals surface area contributed by atoms with E-state index in [-0.39, 0.29) is 5.91 Å². The van der Waals surface area contributed by atoms with E-state index in [9.17, 15) is 14.7 Å². The molecule has 5 nitrogen and oxygen atoms in total. The van der Waals surface area contributed by atoms with Crippen LogP contribution in [0.25, 0.3) is 0 Å². The minimum absolute atomic E-state index is 0.281. The smallest absolute Gasteiger partial charge is 0.329 e. The molecular weight excluding hydrogens is 258 g/mol. The van der Waals surface area contributed by atoms with E-state index in [4.69, 9.17) is 4.74 Å². The fourth-order valence-electron chi connectivity index (χ4n) is 2.51. The predicted octanol–water partition coefficient (Wildman–Crippen LogP) is 1.92. The Bertz CT molecular complexity index is 502. The van der Waals surface area contributed by atoms with E-state index in [0.717, 1.165) is 0 Å². The number of ether oxygens (including phenoxy) is 1. The van der Waals surface area contributed by atoms with E-state index in [1.54, 1.807) is 26.0 Å². The molecule has 0 aromatic heterocycles. The van der Waals surface area contributed by atoms with Crippen LogP contribution in [0.5, 0.6) is 5.75 Å². The Morgan fingerprint density at radius 3 is 2.60 bits per heavy atom. The van der Waals surface area contributed by atoms with Crippen molar-refractivity contribution in [3.05, 3.63) is 30.3 Å². The maximum Gasteiger partial charge on any atom is 0.329 e. The first-order valence-electron chi connectivity index (χ1n) is 6.72. The molecule has 0 radical (unpaired) electrons. The number of benzene rings is 1. The maximum atomic E-state index is 12.4. The number of para-hydroxylation sites is 1. The van der Waals surface area contributed by atoms with Crippen LogP contribution in [-0.2, 0) is 9.59 Å². The van der Waals surface area contributed by atoms with Gasteiger partial charge in [-0.2, -0.15) is 0 Å². The Balaban J connectivity index is 2.09. The van der Waals surface area contributed by atoms with Crippen LogP contribution in [0.4, 0.5) is 0 Å². The minimum atomic E-state index is -1.12. The van der Waals surface area contributed by atoms with Gasteiger partial charge in [0.2, 0.25) is 0 Å². The summed E-state index contributed by atoms with van der Waals surface area (Å²) in [5, 5.41) is 9.33. The molecule has 1 heterocycles. The van der Waals surface area contributed by atoms with Gasteiger partial charge < -0.3 is 14.7 Å². The van der Waals surface area contributed by atoms with Gasteiger partial charge in [-0.3, -0.25) is 4.79 Å². The summed E-state index contributed by atoms with van der Waals surface area (Å²) in [5.41, 5.74) is -1.12. The first-order valence-corrected chi connectivity index (χ1v) is 6.72. The van der Waals surface area contributed by atoms with Gasteiger partial charge >= 0.3 is 5.97 Å². The highest BCUT2D eigenvalue weighted by Crippen LogP contribution is 2.30. The van der Waals surface area contributed by atoms with Crippen molar-refractivity contribution in [2.24, 2.45) is 0 Å². The number of likely N-dealkylation sites (tertiary alicyclic amines) is 1. The summed E-state index contributed by atoms with van der Waals surface area (Å²) in [6.07, 6.45) is 0.479. The van der Waals surface area contributed by atoms with Gasteiger partial charge in [0, 0.05) is 6.54 Å². The van der Waals surface area contributed by atoms with Crippen LogP contribution in [0.2, 0.25) is 0 Å². The zero-order valence-electron chi connectivity index (χ0n) is 11.7. The van der Waals surface area contributed by atoms with E-state index in [2.05, 4.69) is 0 Å². The number of hydrogen-bond donors (Lipinski definition) is 1. The van der Waals surface area contributed by atoms with E-state index in [1.165, 1.54) is 4.90 Å². The second-order valence-electron chi connectivity index (χ2n) is 5.25. The monoisotopic (exact) mass is 277 g/mol. The Morgan fingerprint density at radius 2 is 2.00 bits per heavy atom. The second kappa shape index (κ2) is 5.53. The molecule has 2 unspecified atom stereocenters. The number of carboxylic acid groups (broad SMARTS) is 1. The van der Waals surface area contributed by atoms with Crippen LogP contribution in [0.3, 0.4) is 0 Å². The third-order valence-electron chi connectivity index (χ3n) is 3.77. The molecular formula is C15H19NO4. The summed E-state index contributed by atoms with van der Waals surface area (Å²) >= 11 is 0. The summed E-state index contributed by atoms with van der Waals surface area (Å²) < 4.78 is 5.58. The molecule has 108 valence electrons. The molecule has 1 aliphatic rings. The molecule has 1 aromatic carbocycles. The van der Waals surface area contributed by atoms with E-state index in [0.29, 0.717) is 25.1 Å². The van der Waals surface area contributed by atoms with Crippen LogP contribution >= 0.6 is 0 Å². The molecule has 20 heavy (non-hydrogen) atoms. The van der Waals surface area contributed by atoms with Crippen LogP contribution < -0.4 is 4.74 Å². The Kier molecular flexibility index (Phi) is 3.97. The first kappa shape index (κ1) is 14.4. The Morgan fingerprint density at radius 1 is 1.35 bits per heavy atom. The lowest BCUT2D eigenvalue weighted by Gasteiger charge is -2.33. The van der Waals surface area contributed by atoms with Gasteiger partial charge in [0.1, 0.15) is 11.3 Å². The van der Waals surface area contributed by atoms with Crippen molar-refractivity contribution in [3.63, 3.8) is 0 Å². The molecule has 2 atom stereocenters. The highest BCUT2D eigenvalue weighted by molar-refractivity contribution is 5.89. The summed E-state index contributed by atoms with van der Waals surface area (Å²) in [6, 6.07) is 9.04. The molecule has 2 rings (SSSR count). The number of carboxylic acids is 1. The van der Waals surface area contributed by atoms with Gasteiger partial charge in [0.15, 0.2) is 6.10 Å². The number of aliphatic carboxylic acids is 1. The summed E-state index contributed by atoms with van der Waals surface area (Å²) in [4.78, 5) is 25.2. The fourth-order valence-corrected chi connectivity index (χ4v) is 2.51. The van der Waals surface area contributed by atoms with Crippen molar-refractivity contribution in [2.75, 3.05) is 6.54 Å². The molecule has 1 aliphatic heterocycles. The molecule has 5 heteroatoms. The SMILES string of the molecule is CC(Oc1ccccc1)C(=O)N1CCCC1(C)C(=O)O. The topological polar surface area (TPSA) is 66.8 Å². The third-order valence-corrected chi connectivity index (χ3v) is 3.77. The van der Waals surface area contributed by atoms with Gasteiger partial charge in [0.05, 0.1) is 0 Å².